The van der Waals surface area contributed by atoms with Gasteiger partial charge in [-0.25, -0.2) is 0 Å². The maximum atomic E-state index is 13.0. The molecule has 1 aromatic carbocycles. The molecule has 1 aromatic rings. The third-order valence-corrected chi connectivity index (χ3v) is 9.10. The van der Waals surface area contributed by atoms with Crippen LogP contribution in [0.4, 0.5) is 0 Å². The van der Waals surface area contributed by atoms with Crippen molar-refractivity contribution in [3.05, 3.63) is 30.3 Å². The summed E-state index contributed by atoms with van der Waals surface area (Å²) in [5.41, 5.74) is 0.0404. The monoisotopic (exact) mass is 470 g/mol. The summed E-state index contributed by atoms with van der Waals surface area (Å²) in [6.07, 6.45) is 7.74. The lowest BCUT2D eigenvalue weighted by Gasteiger charge is -2.56. The van der Waals surface area contributed by atoms with Gasteiger partial charge in [-0.3, -0.25) is 9.59 Å². The molecule has 0 radical (unpaired) electrons. The highest BCUT2D eigenvalue weighted by Crippen LogP contribution is 2.55. The van der Waals surface area contributed by atoms with Crippen LogP contribution in [0.15, 0.2) is 30.3 Å². The van der Waals surface area contributed by atoms with E-state index < -0.39 is 6.10 Å². The third-order valence-electron chi connectivity index (χ3n) is 9.10. The van der Waals surface area contributed by atoms with E-state index in [0.29, 0.717) is 11.8 Å². The number of ether oxygens (including phenoxy) is 1. The van der Waals surface area contributed by atoms with Gasteiger partial charge < -0.3 is 20.5 Å². The van der Waals surface area contributed by atoms with Crippen molar-refractivity contribution in [1.29, 1.82) is 0 Å². The summed E-state index contributed by atoms with van der Waals surface area (Å²) in [5, 5.41) is 18.0. The average Bonchev–Trinajstić information content (AvgIpc) is 3.33. The lowest BCUT2D eigenvalue weighted by Crippen LogP contribution is -2.59. The van der Waals surface area contributed by atoms with Gasteiger partial charge in [-0.05, 0) is 73.8 Å². The predicted molar refractivity (Wildman–Crippen MR) is 132 cm³/mol. The summed E-state index contributed by atoms with van der Waals surface area (Å²) < 4.78 is 5.62. The second-order valence-corrected chi connectivity index (χ2v) is 11.3. The average molecular weight is 471 g/mol. The molecule has 0 heterocycles. The highest BCUT2D eigenvalue weighted by atomic mass is 16.5. The minimum atomic E-state index is -0.543. The zero-order valence-corrected chi connectivity index (χ0v) is 21.0. The van der Waals surface area contributed by atoms with Crippen molar-refractivity contribution in [3.63, 3.8) is 0 Å². The first-order valence-corrected chi connectivity index (χ1v) is 13.2. The molecule has 3 fully saturated rings. The van der Waals surface area contributed by atoms with Crippen LogP contribution in [-0.4, -0.2) is 41.7 Å². The van der Waals surface area contributed by atoms with Crippen molar-refractivity contribution in [3.8, 4) is 5.75 Å². The lowest BCUT2D eigenvalue weighted by atomic mass is 9.51. The van der Waals surface area contributed by atoms with E-state index in [1.165, 1.54) is 12.8 Å². The molecule has 3 saturated carbocycles. The number of amides is 2. The Kier molecular flexibility index (Phi) is 7.86. The third kappa shape index (κ3) is 5.42. The van der Waals surface area contributed by atoms with Crippen molar-refractivity contribution in [1.82, 2.24) is 10.6 Å². The topological polar surface area (TPSA) is 87.7 Å². The van der Waals surface area contributed by atoms with Crippen LogP contribution in [-0.2, 0) is 9.59 Å². The number of nitrogens with one attached hydrogen (secondary N) is 2. The van der Waals surface area contributed by atoms with E-state index in [1.54, 1.807) is 0 Å². The summed E-state index contributed by atoms with van der Waals surface area (Å²) in [4.78, 5) is 25.6. The van der Waals surface area contributed by atoms with Crippen LogP contribution in [0.3, 0.4) is 0 Å². The minimum Gasteiger partial charge on any atom is -0.484 e. The first-order valence-electron chi connectivity index (χ1n) is 13.2. The van der Waals surface area contributed by atoms with Crippen molar-refractivity contribution >= 4 is 11.8 Å². The van der Waals surface area contributed by atoms with Gasteiger partial charge in [0, 0.05) is 18.0 Å². The molecule has 0 unspecified atom stereocenters. The molecule has 3 aliphatic rings. The molecule has 4 rings (SSSR count). The molecule has 0 aromatic heterocycles. The van der Waals surface area contributed by atoms with Crippen molar-refractivity contribution < 1.29 is 19.4 Å². The van der Waals surface area contributed by atoms with Crippen LogP contribution < -0.4 is 15.4 Å². The van der Waals surface area contributed by atoms with Gasteiger partial charge in [0.2, 0.25) is 5.91 Å². The summed E-state index contributed by atoms with van der Waals surface area (Å²) >= 11 is 0. The molecule has 0 bridgehead atoms. The molecule has 34 heavy (non-hydrogen) atoms. The van der Waals surface area contributed by atoms with E-state index in [0.717, 1.165) is 38.5 Å². The second-order valence-electron chi connectivity index (χ2n) is 11.3. The molecule has 6 nitrogen and oxygen atoms in total. The smallest absolute Gasteiger partial charge is 0.258 e. The number of aliphatic hydroxyl groups excluding tert-OH is 1. The SMILES string of the molecule is C[C@H]1[C@@H]2[C@@H](O)[C@@H]([C@H](C)C(=O)NC3CCCC3)CC[C@@]2(C)CC[C@@H]1NC(=O)COc1ccccc1. The fourth-order valence-electron chi connectivity index (χ4n) is 7.01. The fraction of sp³-hybridized carbons (Fsp3) is 0.714. The number of benzene rings is 1. The van der Waals surface area contributed by atoms with Gasteiger partial charge in [-0.2, -0.15) is 0 Å². The Morgan fingerprint density at radius 1 is 1.09 bits per heavy atom. The standard InChI is InChI=1S/C28H42N2O4/c1-18(27(33)29-20-9-7-8-10-20)22-13-15-28(3)16-14-23(19(2)25(28)26(22)32)30-24(31)17-34-21-11-5-4-6-12-21/h4-6,11-12,18-20,22-23,25-26,32H,7-10,13-17H2,1-3H3,(H,29,33)(H,30,31)/t18-,19+,22+,23-,25+,26-,28-/m0/s1. The van der Waals surface area contributed by atoms with Crippen LogP contribution in [0.5, 0.6) is 5.75 Å². The Hall–Kier alpha value is -2.08. The number of aliphatic hydroxyl groups is 1. The van der Waals surface area contributed by atoms with Crippen LogP contribution >= 0.6 is 0 Å². The van der Waals surface area contributed by atoms with E-state index in [2.05, 4.69) is 24.5 Å². The molecule has 3 aliphatic carbocycles. The Morgan fingerprint density at radius 3 is 2.47 bits per heavy atom. The normalized spacial score (nSPS) is 34.6. The van der Waals surface area contributed by atoms with Gasteiger partial charge in [-0.1, -0.05) is 51.8 Å². The predicted octanol–water partition coefficient (Wildman–Crippen LogP) is 4.07. The Bertz CT molecular complexity index is 840. The van der Waals surface area contributed by atoms with Crippen LogP contribution in [0, 0.1) is 29.1 Å². The maximum absolute atomic E-state index is 13.0. The summed E-state index contributed by atoms with van der Waals surface area (Å²) in [7, 11) is 0. The Morgan fingerprint density at radius 2 is 1.76 bits per heavy atom. The van der Waals surface area contributed by atoms with Crippen LogP contribution in [0.1, 0.15) is 72.1 Å². The zero-order valence-electron chi connectivity index (χ0n) is 21.0. The van der Waals surface area contributed by atoms with E-state index in [-0.39, 0.29) is 53.5 Å². The Balaban J connectivity index is 1.37. The number of fused-ring (bicyclic) bond motifs is 1. The minimum absolute atomic E-state index is 0.000898. The molecule has 2 amide bonds. The number of para-hydroxylation sites is 1. The largest absolute Gasteiger partial charge is 0.484 e. The summed E-state index contributed by atoms with van der Waals surface area (Å²) in [6, 6.07) is 9.65. The van der Waals surface area contributed by atoms with E-state index >= 15 is 0 Å². The van der Waals surface area contributed by atoms with Crippen LogP contribution in [0.2, 0.25) is 0 Å². The van der Waals surface area contributed by atoms with E-state index in [1.807, 2.05) is 37.3 Å². The number of hydrogen-bond donors (Lipinski definition) is 3. The molecule has 0 saturated heterocycles. The fourth-order valence-corrected chi connectivity index (χ4v) is 7.01. The molecule has 3 N–H and O–H groups in total. The lowest BCUT2D eigenvalue weighted by molar-refractivity contribution is -0.144. The van der Waals surface area contributed by atoms with Crippen molar-refractivity contribution in [2.75, 3.05) is 6.61 Å². The highest BCUT2D eigenvalue weighted by molar-refractivity contribution is 5.79. The number of hydrogen-bond acceptors (Lipinski definition) is 4. The van der Waals surface area contributed by atoms with E-state index in [9.17, 15) is 14.7 Å². The van der Waals surface area contributed by atoms with Gasteiger partial charge in [0.15, 0.2) is 6.61 Å². The van der Waals surface area contributed by atoms with Gasteiger partial charge >= 0.3 is 0 Å². The number of carbonyl (C=O) groups excluding carboxylic acids is 2. The molecule has 0 aliphatic heterocycles. The first kappa shape index (κ1) is 25.0. The van der Waals surface area contributed by atoms with Crippen LogP contribution in [0.25, 0.3) is 0 Å². The number of rotatable bonds is 7. The molecular weight excluding hydrogens is 428 g/mol. The first-order chi connectivity index (χ1) is 16.3. The second kappa shape index (κ2) is 10.7. The van der Waals surface area contributed by atoms with Gasteiger partial charge in [0.05, 0.1) is 6.10 Å². The molecule has 6 heteroatoms. The quantitative estimate of drug-likeness (QED) is 0.561. The summed E-state index contributed by atoms with van der Waals surface area (Å²) in [5.74, 6) is 0.572. The van der Waals surface area contributed by atoms with Crippen molar-refractivity contribution in [2.24, 2.45) is 29.1 Å². The van der Waals surface area contributed by atoms with Gasteiger partial charge in [0.25, 0.3) is 5.91 Å². The molecular formula is C28H42N2O4. The zero-order chi connectivity index (χ0) is 24.3. The van der Waals surface area contributed by atoms with Gasteiger partial charge in [0.1, 0.15) is 5.75 Å². The van der Waals surface area contributed by atoms with Gasteiger partial charge in [-0.15, -0.1) is 0 Å². The maximum Gasteiger partial charge on any atom is 0.258 e. The van der Waals surface area contributed by atoms with E-state index in [4.69, 9.17) is 4.74 Å². The summed E-state index contributed by atoms with van der Waals surface area (Å²) in [6.45, 7) is 6.40. The Labute approximate surface area is 204 Å². The number of carbonyl (C=O) groups is 2. The highest BCUT2D eigenvalue weighted by Gasteiger charge is 2.53. The molecule has 0 spiro atoms. The molecule has 7 atom stereocenters. The van der Waals surface area contributed by atoms with Crippen molar-refractivity contribution in [2.45, 2.75) is 90.3 Å². The molecule has 188 valence electrons.